The van der Waals surface area contributed by atoms with Crippen LogP contribution in [-0.2, 0) is 16.3 Å². The van der Waals surface area contributed by atoms with E-state index in [1.54, 1.807) is 42.2 Å². The lowest BCUT2D eigenvalue weighted by Gasteiger charge is -2.17. The van der Waals surface area contributed by atoms with Crippen LogP contribution in [0.4, 0.5) is 11.4 Å². The zero-order valence-electron chi connectivity index (χ0n) is 21.5. The van der Waals surface area contributed by atoms with Crippen molar-refractivity contribution in [3.8, 4) is 22.8 Å². The van der Waals surface area contributed by atoms with Crippen LogP contribution in [0.15, 0.2) is 53.9 Å². The molecule has 38 heavy (non-hydrogen) atoms. The van der Waals surface area contributed by atoms with E-state index >= 15 is 0 Å². The molecule has 1 saturated heterocycles. The lowest BCUT2D eigenvalue weighted by molar-refractivity contribution is 0.397. The first kappa shape index (κ1) is 25.5. The summed E-state index contributed by atoms with van der Waals surface area (Å²) in [4.78, 5) is 9.01. The summed E-state index contributed by atoms with van der Waals surface area (Å²) in [5.74, 6) is 1.11. The summed E-state index contributed by atoms with van der Waals surface area (Å²) in [6.07, 6.45) is 6.45. The van der Waals surface area contributed by atoms with Crippen molar-refractivity contribution in [3.05, 3.63) is 65.6 Å². The van der Waals surface area contributed by atoms with Gasteiger partial charge in [0.1, 0.15) is 11.6 Å². The Hall–Kier alpha value is -4.12. The van der Waals surface area contributed by atoms with Gasteiger partial charge in [0.05, 0.1) is 47.3 Å². The highest BCUT2D eigenvalue weighted by molar-refractivity contribution is 7.91. The summed E-state index contributed by atoms with van der Waals surface area (Å²) in [7, 11) is -1.53. The number of nitrogens with zero attached hydrogens (tertiary/aromatic N) is 4. The number of pyridine rings is 1. The molecule has 0 spiro atoms. The molecule has 10 nitrogen and oxygen atoms in total. The number of aromatic nitrogens is 3. The molecule has 0 aliphatic carbocycles. The molecule has 3 aromatic heterocycles. The zero-order valence-corrected chi connectivity index (χ0v) is 22.3. The minimum atomic E-state index is -3.10. The van der Waals surface area contributed by atoms with Gasteiger partial charge in [0.25, 0.3) is 0 Å². The van der Waals surface area contributed by atoms with Crippen LogP contribution in [-0.4, -0.2) is 58.6 Å². The van der Waals surface area contributed by atoms with Crippen molar-refractivity contribution in [2.24, 2.45) is 10.7 Å². The molecule has 11 heteroatoms. The second kappa shape index (κ2) is 9.97. The topological polar surface area (TPSA) is 144 Å². The summed E-state index contributed by atoms with van der Waals surface area (Å²) in [5.41, 5.74) is 12.8. The summed E-state index contributed by atoms with van der Waals surface area (Å²) >= 11 is 0. The Labute approximate surface area is 221 Å². The van der Waals surface area contributed by atoms with Crippen molar-refractivity contribution >= 4 is 32.6 Å². The number of benzene rings is 1. The zero-order chi connectivity index (χ0) is 27.0. The van der Waals surface area contributed by atoms with Crippen molar-refractivity contribution in [2.45, 2.75) is 32.7 Å². The fourth-order valence-electron chi connectivity index (χ4n) is 4.76. The fourth-order valence-corrected chi connectivity index (χ4v) is 6.43. The van der Waals surface area contributed by atoms with Crippen LogP contribution in [0, 0.1) is 6.92 Å². The van der Waals surface area contributed by atoms with Crippen LogP contribution < -0.4 is 15.8 Å². The number of hydrogen-bond acceptors (Lipinski definition) is 8. The number of sulfone groups is 1. The maximum Gasteiger partial charge on any atom is 0.213 e. The van der Waals surface area contributed by atoms with Gasteiger partial charge in [-0.25, -0.2) is 22.9 Å². The van der Waals surface area contributed by atoms with Gasteiger partial charge < -0.3 is 20.9 Å². The lowest BCUT2D eigenvalue weighted by Crippen LogP contribution is -2.24. The molecule has 0 bridgehead atoms. The molecule has 1 aliphatic heterocycles. The number of nitrogens with one attached hydrogen (secondary N) is 1. The van der Waals surface area contributed by atoms with E-state index in [-0.39, 0.29) is 29.1 Å². The molecule has 1 aromatic carbocycles. The number of hydrogen-bond donors (Lipinski definition) is 3. The first-order valence-electron chi connectivity index (χ1n) is 12.3. The number of aryl methyl sites for hydroxylation is 2. The number of nitrogens with two attached hydrogens (primary N) is 1. The Kier molecular flexibility index (Phi) is 6.70. The quantitative estimate of drug-likeness (QED) is 0.241. The second-order valence-electron chi connectivity index (χ2n) is 9.44. The number of phenols is 1. The first-order chi connectivity index (χ1) is 18.2. The van der Waals surface area contributed by atoms with Crippen LogP contribution in [0.1, 0.15) is 30.0 Å². The Bertz CT molecular complexity index is 1660. The molecule has 0 saturated carbocycles. The molecule has 4 N–H and O–H groups in total. The molecule has 0 radical (unpaired) electrons. The van der Waals surface area contributed by atoms with Gasteiger partial charge in [-0.2, -0.15) is 5.10 Å². The average Bonchev–Trinajstić information content (AvgIpc) is 3.47. The molecule has 4 aromatic rings. The van der Waals surface area contributed by atoms with Crippen LogP contribution in [0.25, 0.3) is 16.6 Å². The molecule has 5 rings (SSSR count). The Morgan fingerprint density at radius 3 is 2.79 bits per heavy atom. The number of aromatic hydroxyl groups is 1. The highest BCUT2D eigenvalue weighted by Gasteiger charge is 2.29. The van der Waals surface area contributed by atoms with Crippen molar-refractivity contribution in [3.63, 3.8) is 0 Å². The molecule has 0 unspecified atom stereocenters. The number of phenolic OH excluding ortho intramolecular Hbond substituents is 1. The number of amidine groups is 1. The monoisotopic (exact) mass is 534 g/mol. The van der Waals surface area contributed by atoms with Gasteiger partial charge in [-0.05, 0) is 55.2 Å². The molecule has 1 aliphatic rings. The van der Waals surface area contributed by atoms with E-state index in [0.29, 0.717) is 35.7 Å². The predicted molar refractivity (Wildman–Crippen MR) is 148 cm³/mol. The van der Waals surface area contributed by atoms with Gasteiger partial charge in [-0.3, -0.25) is 0 Å². The van der Waals surface area contributed by atoms with Crippen molar-refractivity contribution in [1.82, 2.24) is 14.6 Å². The third-order valence-corrected chi connectivity index (χ3v) is 8.55. The summed E-state index contributed by atoms with van der Waals surface area (Å²) in [5, 5.41) is 17.9. The van der Waals surface area contributed by atoms with E-state index in [2.05, 4.69) is 20.4 Å². The normalized spacial score (nSPS) is 17.1. The van der Waals surface area contributed by atoms with Gasteiger partial charge in [-0.15, -0.1) is 0 Å². The van der Waals surface area contributed by atoms with Gasteiger partial charge in [0.15, 0.2) is 9.84 Å². The molecule has 0 amide bonds. The minimum absolute atomic E-state index is 0.0466. The maximum atomic E-state index is 12.2. The largest absolute Gasteiger partial charge is 0.508 e. The van der Waals surface area contributed by atoms with Crippen LogP contribution in [0.3, 0.4) is 0 Å². The minimum Gasteiger partial charge on any atom is -0.508 e. The maximum absolute atomic E-state index is 12.2. The van der Waals surface area contributed by atoms with Crippen LogP contribution in [0.2, 0.25) is 0 Å². The second-order valence-corrected chi connectivity index (χ2v) is 11.7. The van der Waals surface area contributed by atoms with Crippen molar-refractivity contribution in [2.75, 3.05) is 23.9 Å². The standard InChI is InChI=1S/C27H30N6O4S/c1-4-17-10-20(34)5-6-23(17)32-27(28)22-13-30-33-14-18(21-12-29-25(37-3)9-16(21)2)11-24(33)26(22)31-19-7-8-38(35,36)15-19/h5-6,9-14,19,31,34H,4,7-8,15H2,1-3H3,(H2,28,32)/t19-/m1/s1. The molecular formula is C27H30N6O4S. The number of methoxy groups -OCH3 is 1. The number of aliphatic imine (C=N–C) groups is 1. The summed E-state index contributed by atoms with van der Waals surface area (Å²) < 4.78 is 31.4. The Morgan fingerprint density at radius 1 is 1.29 bits per heavy atom. The number of ether oxygens (including phenoxy) is 1. The fraction of sp³-hybridized carbons (Fsp3) is 0.296. The summed E-state index contributed by atoms with van der Waals surface area (Å²) in [6, 6.07) is 8.54. The first-order valence-corrected chi connectivity index (χ1v) is 14.2. The van der Waals surface area contributed by atoms with E-state index in [1.807, 2.05) is 32.2 Å². The SMILES string of the molecule is CCc1cc(O)ccc1/N=C(\N)c1cnn2cc(-c3cnc(OC)cc3C)cc2c1N[C@@H]1CCS(=O)(=O)C1. The van der Waals surface area contributed by atoms with E-state index in [0.717, 1.165) is 27.8 Å². The van der Waals surface area contributed by atoms with Crippen molar-refractivity contribution in [1.29, 1.82) is 0 Å². The highest BCUT2D eigenvalue weighted by Crippen LogP contribution is 2.33. The molecular weight excluding hydrogens is 504 g/mol. The van der Waals surface area contributed by atoms with Crippen LogP contribution >= 0.6 is 0 Å². The molecule has 1 atom stereocenters. The number of fused-ring (bicyclic) bond motifs is 1. The van der Waals surface area contributed by atoms with Gasteiger partial charge in [0.2, 0.25) is 5.88 Å². The van der Waals surface area contributed by atoms with Crippen LogP contribution in [0.5, 0.6) is 11.6 Å². The smallest absolute Gasteiger partial charge is 0.213 e. The van der Waals surface area contributed by atoms with E-state index < -0.39 is 9.84 Å². The van der Waals surface area contributed by atoms with Gasteiger partial charge >= 0.3 is 0 Å². The van der Waals surface area contributed by atoms with E-state index in [9.17, 15) is 13.5 Å². The number of rotatable bonds is 7. The third kappa shape index (κ3) is 5.01. The highest BCUT2D eigenvalue weighted by atomic mass is 32.2. The number of anilines is 1. The molecule has 4 heterocycles. The van der Waals surface area contributed by atoms with E-state index in [1.165, 1.54) is 0 Å². The van der Waals surface area contributed by atoms with Gasteiger partial charge in [-0.1, -0.05) is 6.92 Å². The van der Waals surface area contributed by atoms with Crippen molar-refractivity contribution < 1.29 is 18.3 Å². The lowest BCUT2D eigenvalue weighted by atomic mass is 10.1. The molecule has 198 valence electrons. The third-order valence-electron chi connectivity index (χ3n) is 6.78. The Morgan fingerprint density at radius 2 is 2.11 bits per heavy atom. The summed E-state index contributed by atoms with van der Waals surface area (Å²) in [6.45, 7) is 3.96. The average molecular weight is 535 g/mol. The molecule has 1 fully saturated rings. The predicted octanol–water partition coefficient (Wildman–Crippen LogP) is 3.62. The van der Waals surface area contributed by atoms with Gasteiger partial charge in [0, 0.05) is 35.6 Å². The van der Waals surface area contributed by atoms with E-state index in [4.69, 9.17) is 10.5 Å². The Balaban J connectivity index is 1.64.